The van der Waals surface area contributed by atoms with E-state index in [1.807, 2.05) is 38.1 Å². The van der Waals surface area contributed by atoms with E-state index in [2.05, 4.69) is 5.32 Å². The van der Waals surface area contributed by atoms with E-state index in [0.717, 1.165) is 5.56 Å². The smallest absolute Gasteiger partial charge is 0.247 e. The van der Waals surface area contributed by atoms with Gasteiger partial charge in [-0.1, -0.05) is 25.1 Å². The fourth-order valence-corrected chi connectivity index (χ4v) is 4.47. The first kappa shape index (κ1) is 24.2. The van der Waals surface area contributed by atoms with Gasteiger partial charge in [-0.05, 0) is 31.9 Å². The number of nitrogens with zero attached hydrogens (tertiary/aromatic N) is 1. The predicted molar refractivity (Wildman–Crippen MR) is 119 cm³/mol. The number of rotatable bonds is 11. The molecule has 4 atom stereocenters. The molecule has 1 aromatic carbocycles. The Kier molecular flexibility index (Phi) is 8.67. The van der Waals surface area contributed by atoms with Gasteiger partial charge in [0.05, 0.1) is 18.6 Å². The highest BCUT2D eigenvalue weighted by Gasteiger charge is 2.50. The van der Waals surface area contributed by atoms with Crippen molar-refractivity contribution in [2.75, 3.05) is 32.9 Å². The first-order chi connectivity index (χ1) is 15.5. The Bertz CT molecular complexity index is 826. The zero-order chi connectivity index (χ0) is 23.1. The van der Waals surface area contributed by atoms with Gasteiger partial charge >= 0.3 is 0 Å². The first-order valence-corrected chi connectivity index (χ1v) is 11.4. The van der Waals surface area contributed by atoms with Crippen LogP contribution >= 0.6 is 0 Å². The number of hydrogen-bond donors (Lipinski definition) is 3. The number of fused-ring (bicyclic) bond motifs is 3. The van der Waals surface area contributed by atoms with E-state index < -0.39 is 24.2 Å². The third-order valence-electron chi connectivity index (χ3n) is 5.91. The third-order valence-corrected chi connectivity index (χ3v) is 5.91. The Morgan fingerprint density at radius 1 is 1.25 bits per heavy atom. The van der Waals surface area contributed by atoms with Crippen LogP contribution in [-0.4, -0.2) is 78.1 Å². The molecular formula is C24H34N2O6. The summed E-state index contributed by atoms with van der Waals surface area (Å²) in [4.78, 5) is 27.7. The number of hydrogen-bond acceptors (Lipinski definition) is 6. The minimum atomic E-state index is -0.991. The topological polar surface area (TPSA) is 108 Å². The zero-order valence-electron chi connectivity index (χ0n) is 18.8. The number of carbonyl (C=O) groups is 2. The van der Waals surface area contributed by atoms with E-state index in [-0.39, 0.29) is 25.0 Å². The first-order valence-electron chi connectivity index (χ1n) is 11.4. The summed E-state index contributed by atoms with van der Waals surface area (Å²) in [5, 5.41) is 23.2. The second-order valence-electron chi connectivity index (χ2n) is 8.07. The molecule has 1 heterocycles. The SMILES string of the molecule is CCCC(=O)N(CCCOCC)[C@@H]1C=C(C(=O)NCCO)[C@@H]2c3ccccc3O[C@@H]2[C@H]1O. The minimum absolute atomic E-state index is 0.0756. The number of aliphatic hydroxyl groups excluding tert-OH is 2. The molecule has 1 aliphatic carbocycles. The van der Waals surface area contributed by atoms with Crippen molar-refractivity contribution in [3.8, 4) is 5.75 Å². The van der Waals surface area contributed by atoms with Gasteiger partial charge < -0.3 is 29.9 Å². The summed E-state index contributed by atoms with van der Waals surface area (Å²) in [5.41, 5.74) is 1.28. The van der Waals surface area contributed by atoms with Crippen LogP contribution in [0.5, 0.6) is 5.75 Å². The molecule has 0 spiro atoms. The molecule has 0 fully saturated rings. The highest BCUT2D eigenvalue weighted by atomic mass is 16.5. The lowest BCUT2D eigenvalue weighted by molar-refractivity contribution is -0.137. The molecule has 32 heavy (non-hydrogen) atoms. The lowest BCUT2D eigenvalue weighted by atomic mass is 9.77. The number of para-hydroxylation sites is 1. The Morgan fingerprint density at radius 3 is 2.75 bits per heavy atom. The van der Waals surface area contributed by atoms with E-state index in [1.54, 1.807) is 11.0 Å². The maximum Gasteiger partial charge on any atom is 0.247 e. The van der Waals surface area contributed by atoms with Crippen LogP contribution in [0.2, 0.25) is 0 Å². The molecule has 0 bridgehead atoms. The quantitative estimate of drug-likeness (QED) is 0.443. The average molecular weight is 447 g/mol. The van der Waals surface area contributed by atoms with Crippen molar-refractivity contribution in [2.45, 2.75) is 57.3 Å². The summed E-state index contributed by atoms with van der Waals surface area (Å²) in [6, 6.07) is 6.74. The molecule has 8 nitrogen and oxygen atoms in total. The van der Waals surface area contributed by atoms with Gasteiger partial charge in [-0.3, -0.25) is 9.59 Å². The molecule has 8 heteroatoms. The van der Waals surface area contributed by atoms with Crippen LogP contribution in [0.25, 0.3) is 0 Å². The molecule has 0 aromatic heterocycles. The molecule has 3 N–H and O–H groups in total. The van der Waals surface area contributed by atoms with Gasteiger partial charge in [-0.25, -0.2) is 0 Å². The van der Waals surface area contributed by atoms with Crippen molar-refractivity contribution in [3.05, 3.63) is 41.5 Å². The molecule has 0 saturated carbocycles. The van der Waals surface area contributed by atoms with Crippen LogP contribution in [-0.2, 0) is 14.3 Å². The molecule has 1 aliphatic heterocycles. The van der Waals surface area contributed by atoms with Crippen LogP contribution in [0.4, 0.5) is 0 Å². The van der Waals surface area contributed by atoms with Gasteiger partial charge in [0, 0.05) is 43.9 Å². The molecular weight excluding hydrogens is 412 g/mol. The normalized spacial score (nSPS) is 23.6. The Labute approximate surface area is 189 Å². The molecule has 0 saturated heterocycles. The van der Waals surface area contributed by atoms with Crippen molar-refractivity contribution in [2.24, 2.45) is 0 Å². The second-order valence-corrected chi connectivity index (χ2v) is 8.07. The van der Waals surface area contributed by atoms with Gasteiger partial charge in [0.2, 0.25) is 11.8 Å². The lowest BCUT2D eigenvalue weighted by Gasteiger charge is -2.40. The van der Waals surface area contributed by atoms with Crippen LogP contribution in [0.3, 0.4) is 0 Å². The van der Waals surface area contributed by atoms with E-state index in [4.69, 9.17) is 14.6 Å². The third kappa shape index (κ3) is 5.14. The Balaban J connectivity index is 1.96. The zero-order valence-corrected chi connectivity index (χ0v) is 18.8. The van der Waals surface area contributed by atoms with Crippen molar-refractivity contribution in [1.82, 2.24) is 10.2 Å². The van der Waals surface area contributed by atoms with Crippen molar-refractivity contribution >= 4 is 11.8 Å². The number of ether oxygens (including phenoxy) is 2. The van der Waals surface area contributed by atoms with Crippen molar-refractivity contribution < 1.29 is 29.3 Å². The predicted octanol–water partition coefficient (Wildman–Crippen LogP) is 1.36. The van der Waals surface area contributed by atoms with Crippen LogP contribution in [0, 0.1) is 0 Å². The number of aliphatic hydroxyl groups is 2. The van der Waals surface area contributed by atoms with Crippen LogP contribution in [0.15, 0.2) is 35.9 Å². The lowest BCUT2D eigenvalue weighted by Crippen LogP contribution is -2.56. The maximum atomic E-state index is 13.0. The highest BCUT2D eigenvalue weighted by Crippen LogP contribution is 2.47. The molecule has 3 rings (SSSR count). The maximum absolute atomic E-state index is 13.0. The van der Waals surface area contributed by atoms with E-state index >= 15 is 0 Å². The Hall–Kier alpha value is -2.42. The van der Waals surface area contributed by atoms with Gasteiger partial charge in [-0.15, -0.1) is 0 Å². The second kappa shape index (κ2) is 11.4. The van der Waals surface area contributed by atoms with Gasteiger partial charge in [0.15, 0.2) is 0 Å². The standard InChI is InChI=1S/C24H34N2O6/c1-3-8-20(28)26(12-7-14-31-4-2)18-15-17(24(30)25-11-13-27)21-16-9-5-6-10-19(16)32-23(21)22(18)29/h5-6,9-10,15,18,21-23,27,29H,3-4,7-8,11-14H2,1-2H3,(H,25,30)/t18-,21+,22+,23+/m1/s1. The molecule has 1 aromatic rings. The van der Waals surface area contributed by atoms with Gasteiger partial charge in [0.25, 0.3) is 0 Å². The number of amides is 2. The van der Waals surface area contributed by atoms with Crippen LogP contribution < -0.4 is 10.1 Å². The fraction of sp³-hybridized carbons (Fsp3) is 0.583. The van der Waals surface area contributed by atoms with Crippen LogP contribution in [0.1, 0.15) is 44.6 Å². The van der Waals surface area contributed by atoms with E-state index in [1.165, 1.54) is 0 Å². The van der Waals surface area contributed by atoms with Crippen molar-refractivity contribution in [3.63, 3.8) is 0 Å². The van der Waals surface area contributed by atoms with Crippen molar-refractivity contribution in [1.29, 1.82) is 0 Å². The number of carbonyl (C=O) groups excluding carboxylic acids is 2. The highest BCUT2D eigenvalue weighted by molar-refractivity contribution is 5.96. The summed E-state index contributed by atoms with van der Waals surface area (Å²) in [7, 11) is 0. The Morgan fingerprint density at radius 2 is 2.03 bits per heavy atom. The molecule has 2 aliphatic rings. The number of nitrogens with one attached hydrogen (secondary N) is 1. The number of benzene rings is 1. The summed E-state index contributed by atoms with van der Waals surface area (Å²) >= 11 is 0. The molecule has 0 unspecified atom stereocenters. The summed E-state index contributed by atoms with van der Waals surface area (Å²) < 4.78 is 11.5. The largest absolute Gasteiger partial charge is 0.486 e. The summed E-state index contributed by atoms with van der Waals surface area (Å²) in [6.07, 6.45) is 1.70. The molecule has 2 amide bonds. The van der Waals surface area contributed by atoms with E-state index in [9.17, 15) is 14.7 Å². The molecule has 176 valence electrons. The minimum Gasteiger partial charge on any atom is -0.486 e. The monoisotopic (exact) mass is 446 g/mol. The summed E-state index contributed by atoms with van der Waals surface area (Å²) in [5.74, 6) is -0.217. The fourth-order valence-electron chi connectivity index (χ4n) is 4.47. The average Bonchev–Trinajstić information content (AvgIpc) is 3.19. The molecule has 0 radical (unpaired) electrons. The van der Waals surface area contributed by atoms with Gasteiger partial charge in [0.1, 0.15) is 18.0 Å². The summed E-state index contributed by atoms with van der Waals surface area (Å²) in [6.45, 7) is 5.31. The van der Waals surface area contributed by atoms with E-state index in [0.29, 0.717) is 50.3 Å². The van der Waals surface area contributed by atoms with Gasteiger partial charge in [-0.2, -0.15) is 0 Å².